The molecule has 98 valence electrons. The van der Waals surface area contributed by atoms with Crippen LogP contribution in [0, 0.1) is 18.8 Å². The minimum atomic E-state index is -4.31. The van der Waals surface area contributed by atoms with E-state index >= 15 is 0 Å². The summed E-state index contributed by atoms with van der Waals surface area (Å²) in [5.41, 5.74) is 0.582. The highest BCUT2D eigenvalue weighted by atomic mass is 19.4. The maximum atomic E-state index is 12.4. The SMILES string of the molecule is Cc1ncc(C#Cc2ccc(C(F)(F)F)cc2)n1C. The van der Waals surface area contributed by atoms with Crippen LogP contribution in [0.4, 0.5) is 13.2 Å². The molecule has 0 unspecified atom stereocenters. The van der Waals surface area contributed by atoms with Gasteiger partial charge in [-0.1, -0.05) is 5.92 Å². The van der Waals surface area contributed by atoms with E-state index in [0.717, 1.165) is 23.7 Å². The van der Waals surface area contributed by atoms with Crippen LogP contribution in [0.3, 0.4) is 0 Å². The van der Waals surface area contributed by atoms with Gasteiger partial charge in [-0.15, -0.1) is 0 Å². The molecule has 1 aromatic carbocycles. The van der Waals surface area contributed by atoms with Crippen LogP contribution in [-0.2, 0) is 13.2 Å². The first-order valence-electron chi connectivity index (χ1n) is 5.55. The number of hydrogen-bond acceptors (Lipinski definition) is 1. The second kappa shape index (κ2) is 4.81. The highest BCUT2D eigenvalue weighted by molar-refractivity contribution is 5.41. The van der Waals surface area contributed by atoms with Gasteiger partial charge in [0.05, 0.1) is 11.8 Å². The summed E-state index contributed by atoms with van der Waals surface area (Å²) in [4.78, 5) is 4.09. The minimum absolute atomic E-state index is 0.534. The molecule has 0 radical (unpaired) electrons. The third-order valence-corrected chi connectivity index (χ3v) is 2.77. The summed E-state index contributed by atoms with van der Waals surface area (Å²) < 4.78 is 39.0. The van der Waals surface area contributed by atoms with Crippen molar-refractivity contribution < 1.29 is 13.2 Å². The molecule has 2 rings (SSSR count). The van der Waals surface area contributed by atoms with Crippen LogP contribution in [0.15, 0.2) is 30.5 Å². The number of aromatic nitrogens is 2. The van der Waals surface area contributed by atoms with Gasteiger partial charge in [0.2, 0.25) is 0 Å². The van der Waals surface area contributed by atoms with Gasteiger partial charge in [-0.25, -0.2) is 4.98 Å². The van der Waals surface area contributed by atoms with E-state index in [2.05, 4.69) is 16.8 Å². The molecule has 5 heteroatoms. The van der Waals surface area contributed by atoms with Gasteiger partial charge in [-0.2, -0.15) is 13.2 Å². The highest BCUT2D eigenvalue weighted by Crippen LogP contribution is 2.28. The minimum Gasteiger partial charge on any atom is -0.325 e. The lowest BCUT2D eigenvalue weighted by Crippen LogP contribution is -2.04. The molecule has 1 heterocycles. The number of hydrogen-bond donors (Lipinski definition) is 0. The average molecular weight is 264 g/mol. The lowest BCUT2D eigenvalue weighted by Gasteiger charge is -2.05. The lowest BCUT2D eigenvalue weighted by atomic mass is 10.1. The number of halogens is 3. The van der Waals surface area contributed by atoms with E-state index in [-0.39, 0.29) is 0 Å². The van der Waals surface area contributed by atoms with Gasteiger partial charge in [0.1, 0.15) is 11.5 Å². The molecule has 0 spiro atoms. The Hall–Kier alpha value is -2.22. The summed E-state index contributed by atoms with van der Waals surface area (Å²) in [6.45, 7) is 1.85. The molecule has 1 aromatic heterocycles. The first-order valence-corrected chi connectivity index (χ1v) is 5.55. The largest absolute Gasteiger partial charge is 0.416 e. The van der Waals surface area contributed by atoms with Crippen molar-refractivity contribution in [3.63, 3.8) is 0 Å². The van der Waals surface area contributed by atoms with Gasteiger partial charge in [0.15, 0.2) is 0 Å². The van der Waals surface area contributed by atoms with E-state index < -0.39 is 11.7 Å². The number of nitrogens with zero attached hydrogens (tertiary/aromatic N) is 2. The van der Waals surface area contributed by atoms with Gasteiger partial charge in [-0.05, 0) is 37.1 Å². The van der Waals surface area contributed by atoms with Crippen molar-refractivity contribution in [2.24, 2.45) is 7.05 Å². The first kappa shape index (κ1) is 13.2. The van der Waals surface area contributed by atoms with Crippen LogP contribution in [0.1, 0.15) is 22.6 Å². The molecular formula is C14H11F3N2. The van der Waals surface area contributed by atoms with E-state index in [1.165, 1.54) is 12.1 Å². The summed E-state index contributed by atoms with van der Waals surface area (Å²) >= 11 is 0. The fourth-order valence-electron chi connectivity index (χ4n) is 1.50. The monoisotopic (exact) mass is 264 g/mol. The Labute approximate surface area is 108 Å². The second-order valence-electron chi connectivity index (χ2n) is 4.07. The van der Waals surface area contributed by atoms with Crippen molar-refractivity contribution in [3.8, 4) is 11.8 Å². The first-order chi connectivity index (χ1) is 8.88. The third-order valence-electron chi connectivity index (χ3n) is 2.77. The Morgan fingerprint density at radius 1 is 1.11 bits per heavy atom. The molecular weight excluding hydrogens is 253 g/mol. The van der Waals surface area contributed by atoms with Crippen LogP contribution >= 0.6 is 0 Å². The Kier molecular flexibility index (Phi) is 3.34. The van der Waals surface area contributed by atoms with Crippen molar-refractivity contribution in [1.29, 1.82) is 0 Å². The average Bonchev–Trinajstić information content (AvgIpc) is 2.67. The fraction of sp³-hybridized carbons (Fsp3) is 0.214. The molecule has 0 aliphatic rings. The van der Waals surface area contributed by atoms with Crippen molar-refractivity contribution in [1.82, 2.24) is 9.55 Å². The number of benzene rings is 1. The molecule has 0 N–H and O–H groups in total. The van der Waals surface area contributed by atoms with Crippen molar-refractivity contribution in [3.05, 3.63) is 53.1 Å². The van der Waals surface area contributed by atoms with E-state index in [1.54, 1.807) is 6.20 Å². The Bertz CT molecular complexity index is 640. The molecule has 0 fully saturated rings. The normalized spacial score (nSPS) is 11.0. The molecule has 0 saturated carbocycles. The van der Waals surface area contributed by atoms with Crippen molar-refractivity contribution in [2.45, 2.75) is 13.1 Å². The fourth-order valence-corrected chi connectivity index (χ4v) is 1.50. The van der Waals surface area contributed by atoms with E-state index in [1.807, 2.05) is 18.5 Å². The zero-order valence-electron chi connectivity index (χ0n) is 10.4. The quantitative estimate of drug-likeness (QED) is 0.668. The molecule has 0 aliphatic carbocycles. The Morgan fingerprint density at radius 3 is 2.21 bits per heavy atom. The third kappa shape index (κ3) is 2.97. The van der Waals surface area contributed by atoms with Crippen LogP contribution < -0.4 is 0 Å². The van der Waals surface area contributed by atoms with Crippen LogP contribution in [0.2, 0.25) is 0 Å². The van der Waals surface area contributed by atoms with E-state index in [4.69, 9.17) is 0 Å². The van der Waals surface area contributed by atoms with Crippen molar-refractivity contribution >= 4 is 0 Å². The zero-order valence-corrected chi connectivity index (χ0v) is 10.4. The summed E-state index contributed by atoms with van der Waals surface area (Å²) in [6.07, 6.45) is -2.68. The summed E-state index contributed by atoms with van der Waals surface area (Å²) in [7, 11) is 1.83. The number of alkyl halides is 3. The summed E-state index contributed by atoms with van der Waals surface area (Å²) in [6, 6.07) is 4.77. The maximum Gasteiger partial charge on any atom is 0.416 e. The smallest absolute Gasteiger partial charge is 0.325 e. The second-order valence-corrected chi connectivity index (χ2v) is 4.07. The standard InChI is InChI=1S/C14H11F3N2/c1-10-18-9-13(19(10)2)8-5-11-3-6-12(7-4-11)14(15,16)17/h3-4,6-7,9H,1-2H3. The molecule has 0 amide bonds. The molecule has 2 nitrogen and oxygen atoms in total. The lowest BCUT2D eigenvalue weighted by molar-refractivity contribution is -0.137. The van der Waals surface area contributed by atoms with Gasteiger partial charge >= 0.3 is 6.18 Å². The summed E-state index contributed by atoms with van der Waals surface area (Å²) in [5, 5.41) is 0. The molecule has 0 saturated heterocycles. The summed E-state index contributed by atoms with van der Waals surface area (Å²) in [5.74, 6) is 6.52. The number of rotatable bonds is 0. The van der Waals surface area contributed by atoms with Crippen LogP contribution in [0.25, 0.3) is 0 Å². The predicted octanol–water partition coefficient (Wildman–Crippen LogP) is 3.15. The zero-order chi connectivity index (χ0) is 14.0. The Balaban J connectivity index is 2.24. The molecule has 19 heavy (non-hydrogen) atoms. The van der Waals surface area contributed by atoms with Gasteiger partial charge in [-0.3, -0.25) is 0 Å². The molecule has 0 atom stereocenters. The highest BCUT2D eigenvalue weighted by Gasteiger charge is 2.29. The molecule has 0 bridgehead atoms. The maximum absolute atomic E-state index is 12.4. The van der Waals surface area contributed by atoms with Crippen LogP contribution in [0.5, 0.6) is 0 Å². The van der Waals surface area contributed by atoms with Crippen molar-refractivity contribution in [2.75, 3.05) is 0 Å². The van der Waals surface area contributed by atoms with Gasteiger partial charge < -0.3 is 4.57 Å². The van der Waals surface area contributed by atoms with Gasteiger partial charge in [0.25, 0.3) is 0 Å². The number of imidazole rings is 1. The van der Waals surface area contributed by atoms with Gasteiger partial charge in [0, 0.05) is 12.6 Å². The Morgan fingerprint density at radius 2 is 1.74 bits per heavy atom. The van der Waals surface area contributed by atoms with E-state index in [9.17, 15) is 13.2 Å². The van der Waals surface area contributed by atoms with Crippen LogP contribution in [-0.4, -0.2) is 9.55 Å². The predicted molar refractivity (Wildman–Crippen MR) is 65.4 cm³/mol. The van der Waals surface area contributed by atoms with E-state index in [0.29, 0.717) is 5.56 Å². The molecule has 2 aromatic rings. The number of aryl methyl sites for hydroxylation is 1. The topological polar surface area (TPSA) is 17.8 Å². The molecule has 0 aliphatic heterocycles.